The van der Waals surface area contributed by atoms with Crippen molar-refractivity contribution < 1.29 is 9.53 Å². The fraction of sp³-hybridized carbons (Fsp3) is 0.818. The highest BCUT2D eigenvalue weighted by atomic mass is 127. The first-order valence-electron chi connectivity index (χ1n) is 6.06. The molecule has 2 saturated heterocycles. The van der Waals surface area contributed by atoms with Crippen molar-refractivity contribution in [3.8, 4) is 0 Å². The topological polar surface area (TPSA) is 74.8 Å². The average molecular weight is 368 g/mol. The molecule has 2 heterocycles. The van der Waals surface area contributed by atoms with Crippen molar-refractivity contribution in [2.24, 2.45) is 4.99 Å². The molecule has 0 radical (unpaired) electrons. The van der Waals surface area contributed by atoms with Crippen molar-refractivity contribution in [1.82, 2.24) is 16.0 Å². The number of nitrogens with one attached hydrogen (secondary N) is 3. The minimum Gasteiger partial charge on any atom is -0.373 e. The molecule has 2 bridgehead atoms. The molecule has 0 spiro atoms. The van der Waals surface area contributed by atoms with Gasteiger partial charge in [0.25, 0.3) is 0 Å². The van der Waals surface area contributed by atoms with E-state index in [4.69, 9.17) is 4.74 Å². The van der Waals surface area contributed by atoms with Crippen LogP contribution in [0.2, 0.25) is 0 Å². The Kier molecular flexibility index (Phi) is 6.13. The van der Waals surface area contributed by atoms with Crippen LogP contribution in [-0.2, 0) is 9.53 Å². The number of ether oxygens (including phenoxy) is 1. The second-order valence-corrected chi connectivity index (χ2v) is 4.46. The molecule has 2 fully saturated rings. The highest BCUT2D eigenvalue weighted by molar-refractivity contribution is 14.0. The number of carbonyl (C=O) groups excluding carboxylic acids is 1. The van der Waals surface area contributed by atoms with E-state index >= 15 is 0 Å². The minimum absolute atomic E-state index is 0. The molecule has 104 valence electrons. The highest BCUT2D eigenvalue weighted by Gasteiger charge is 2.41. The molecular formula is C11H21IN4O2. The van der Waals surface area contributed by atoms with Gasteiger partial charge in [-0.2, -0.15) is 0 Å². The normalized spacial score (nSPS) is 29.7. The highest BCUT2D eigenvalue weighted by Crippen LogP contribution is 2.34. The largest absolute Gasteiger partial charge is 0.373 e. The van der Waals surface area contributed by atoms with Crippen LogP contribution < -0.4 is 16.0 Å². The minimum atomic E-state index is -0.0582. The second kappa shape index (κ2) is 7.13. The van der Waals surface area contributed by atoms with E-state index in [0.717, 1.165) is 12.8 Å². The van der Waals surface area contributed by atoms with Crippen LogP contribution in [0, 0.1) is 0 Å². The summed E-state index contributed by atoms with van der Waals surface area (Å²) >= 11 is 0. The summed E-state index contributed by atoms with van der Waals surface area (Å²) in [6, 6.07) is 0.324. The Bertz CT molecular complexity index is 324. The Hall–Kier alpha value is -0.570. The van der Waals surface area contributed by atoms with Crippen molar-refractivity contribution in [2.75, 3.05) is 20.6 Å². The van der Waals surface area contributed by atoms with E-state index in [1.807, 2.05) is 0 Å². The first kappa shape index (κ1) is 15.5. The number of rotatable bonds is 3. The van der Waals surface area contributed by atoms with E-state index in [2.05, 4.69) is 20.9 Å². The van der Waals surface area contributed by atoms with Gasteiger partial charge in [-0.15, -0.1) is 24.0 Å². The molecule has 0 aromatic carbocycles. The summed E-state index contributed by atoms with van der Waals surface area (Å²) < 4.78 is 5.75. The lowest BCUT2D eigenvalue weighted by Crippen LogP contribution is -2.49. The number of fused-ring (bicyclic) bond motifs is 2. The van der Waals surface area contributed by atoms with Crippen LogP contribution in [0.3, 0.4) is 0 Å². The molecule has 2 aliphatic heterocycles. The quantitative estimate of drug-likeness (QED) is 0.368. The summed E-state index contributed by atoms with van der Waals surface area (Å²) in [5.74, 6) is 0.604. The van der Waals surface area contributed by atoms with Crippen LogP contribution in [0.1, 0.15) is 19.3 Å². The zero-order chi connectivity index (χ0) is 12.3. The van der Waals surface area contributed by atoms with Crippen LogP contribution in [0.15, 0.2) is 4.99 Å². The first-order valence-corrected chi connectivity index (χ1v) is 6.06. The molecular weight excluding hydrogens is 347 g/mol. The smallest absolute Gasteiger partial charge is 0.239 e. The molecule has 6 nitrogen and oxygen atoms in total. The lowest BCUT2D eigenvalue weighted by molar-refractivity contribution is -0.119. The number of nitrogens with zero attached hydrogens (tertiary/aromatic N) is 1. The Morgan fingerprint density at radius 1 is 1.44 bits per heavy atom. The summed E-state index contributed by atoms with van der Waals surface area (Å²) in [7, 11) is 3.32. The van der Waals surface area contributed by atoms with Crippen molar-refractivity contribution in [3.05, 3.63) is 0 Å². The molecule has 0 saturated carbocycles. The molecule has 18 heavy (non-hydrogen) atoms. The molecule has 0 aromatic heterocycles. The maximum atomic E-state index is 11.1. The number of aliphatic imine (C=N–C) groups is 1. The third-order valence-corrected chi connectivity index (χ3v) is 3.35. The average Bonchev–Trinajstić information content (AvgIpc) is 2.95. The van der Waals surface area contributed by atoms with Crippen molar-refractivity contribution in [1.29, 1.82) is 0 Å². The first-order chi connectivity index (χ1) is 8.22. The predicted octanol–water partition coefficient (Wildman–Crippen LogP) is -0.165. The van der Waals surface area contributed by atoms with Crippen LogP contribution >= 0.6 is 24.0 Å². The lowest BCUT2D eigenvalue weighted by atomic mass is 9.96. The number of carbonyl (C=O) groups is 1. The molecule has 3 N–H and O–H groups in total. The lowest BCUT2D eigenvalue weighted by Gasteiger charge is -2.22. The monoisotopic (exact) mass is 368 g/mol. The van der Waals surface area contributed by atoms with Crippen molar-refractivity contribution >= 4 is 35.8 Å². The van der Waals surface area contributed by atoms with Gasteiger partial charge in [-0.05, 0) is 19.3 Å². The van der Waals surface area contributed by atoms with Crippen LogP contribution in [0.25, 0.3) is 0 Å². The fourth-order valence-electron chi connectivity index (χ4n) is 2.41. The van der Waals surface area contributed by atoms with E-state index < -0.39 is 0 Å². The predicted molar refractivity (Wildman–Crippen MR) is 80.3 cm³/mol. The zero-order valence-corrected chi connectivity index (χ0v) is 13.1. The van der Waals surface area contributed by atoms with E-state index in [1.165, 1.54) is 6.42 Å². The van der Waals surface area contributed by atoms with Crippen molar-refractivity contribution in [3.63, 3.8) is 0 Å². The Morgan fingerprint density at radius 3 is 2.72 bits per heavy atom. The van der Waals surface area contributed by atoms with Gasteiger partial charge in [-0.3, -0.25) is 9.79 Å². The van der Waals surface area contributed by atoms with Gasteiger partial charge in [0.15, 0.2) is 5.96 Å². The molecule has 3 atom stereocenters. The standard InChI is InChI=1S/C11H20N4O2.HI/c1-12-10(16)6-14-11(13-2)15-8-5-7-3-4-9(8)17-7;/h7-9H,3-6H2,1-2H3,(H,12,16)(H2,13,14,15);1H. The van der Waals surface area contributed by atoms with Gasteiger partial charge in [0, 0.05) is 14.1 Å². The van der Waals surface area contributed by atoms with Crippen LogP contribution in [-0.4, -0.2) is 50.8 Å². The summed E-state index contributed by atoms with van der Waals surface area (Å²) in [4.78, 5) is 15.2. The summed E-state index contributed by atoms with van der Waals surface area (Å²) in [6.45, 7) is 0.234. The van der Waals surface area contributed by atoms with Gasteiger partial charge in [0.05, 0.1) is 24.8 Å². The SMILES string of the molecule is CN=C(NCC(=O)NC)NC1CC2CCC1O2.I. The van der Waals surface area contributed by atoms with Gasteiger partial charge in [0.1, 0.15) is 0 Å². The molecule has 2 rings (SSSR count). The second-order valence-electron chi connectivity index (χ2n) is 4.46. The molecule has 7 heteroatoms. The van der Waals surface area contributed by atoms with E-state index in [0.29, 0.717) is 24.2 Å². The van der Waals surface area contributed by atoms with Gasteiger partial charge >= 0.3 is 0 Å². The van der Waals surface area contributed by atoms with Gasteiger partial charge in [-0.1, -0.05) is 0 Å². The summed E-state index contributed by atoms with van der Waals surface area (Å²) in [5, 5.41) is 8.84. The van der Waals surface area contributed by atoms with Crippen LogP contribution in [0.4, 0.5) is 0 Å². The zero-order valence-electron chi connectivity index (χ0n) is 10.7. The number of hydrogen-bond donors (Lipinski definition) is 3. The number of guanidine groups is 1. The molecule has 0 aromatic rings. The molecule has 3 unspecified atom stereocenters. The molecule has 1 amide bonds. The van der Waals surface area contributed by atoms with Gasteiger partial charge < -0.3 is 20.7 Å². The Balaban J connectivity index is 0.00000162. The number of hydrogen-bond acceptors (Lipinski definition) is 3. The van der Waals surface area contributed by atoms with E-state index in [9.17, 15) is 4.79 Å². The maximum Gasteiger partial charge on any atom is 0.239 e. The van der Waals surface area contributed by atoms with E-state index in [-0.39, 0.29) is 36.4 Å². The van der Waals surface area contributed by atoms with Crippen LogP contribution in [0.5, 0.6) is 0 Å². The Labute approximate surface area is 124 Å². The van der Waals surface area contributed by atoms with Gasteiger partial charge in [0.2, 0.25) is 5.91 Å². The van der Waals surface area contributed by atoms with Gasteiger partial charge in [-0.25, -0.2) is 0 Å². The van der Waals surface area contributed by atoms with E-state index in [1.54, 1.807) is 14.1 Å². The molecule has 2 aliphatic rings. The fourth-order valence-corrected chi connectivity index (χ4v) is 2.41. The van der Waals surface area contributed by atoms with Crippen molar-refractivity contribution in [2.45, 2.75) is 37.5 Å². The summed E-state index contributed by atoms with van der Waals surface area (Å²) in [5.41, 5.74) is 0. The molecule has 0 aliphatic carbocycles. The Morgan fingerprint density at radius 2 is 2.22 bits per heavy atom. The summed E-state index contributed by atoms with van der Waals surface area (Å²) in [6.07, 6.45) is 4.04. The number of likely N-dealkylation sites (N-methyl/N-ethyl adjacent to an activating group) is 1. The number of halogens is 1. The third-order valence-electron chi connectivity index (χ3n) is 3.35. The maximum absolute atomic E-state index is 11.1. The third kappa shape index (κ3) is 3.71. The number of amides is 1.